The van der Waals surface area contributed by atoms with Crippen LogP contribution in [0.3, 0.4) is 0 Å². The van der Waals surface area contributed by atoms with E-state index in [0.717, 1.165) is 8.61 Å². The number of para-hydroxylation sites is 1. The van der Waals surface area contributed by atoms with E-state index in [-0.39, 0.29) is 18.5 Å². The number of halogens is 2. The van der Waals surface area contributed by atoms with E-state index in [1.54, 1.807) is 55.5 Å². The Morgan fingerprint density at radius 3 is 2.14 bits per heavy atom. The molecule has 2 amide bonds. The molecule has 0 heterocycles. The van der Waals surface area contributed by atoms with Gasteiger partial charge in [0.1, 0.15) is 12.6 Å². The molecule has 0 bridgehead atoms. The van der Waals surface area contributed by atoms with Crippen molar-refractivity contribution in [2.45, 2.75) is 45.8 Å². The van der Waals surface area contributed by atoms with Crippen molar-refractivity contribution in [2.75, 3.05) is 24.9 Å². The number of benzene rings is 2. The molecule has 1 N–H and O–H groups in total. The number of nitrogens with zero attached hydrogens (tertiary/aromatic N) is 3. The van der Waals surface area contributed by atoms with Crippen LogP contribution in [0.2, 0.25) is 10.0 Å². The molecule has 0 aromatic heterocycles. The molecule has 1 atom stereocenters. The minimum Gasteiger partial charge on any atom is -0.352 e. The Labute approximate surface area is 218 Å². The van der Waals surface area contributed by atoms with Crippen molar-refractivity contribution >= 4 is 50.9 Å². The third-order valence-corrected chi connectivity index (χ3v) is 7.78. The van der Waals surface area contributed by atoms with E-state index in [1.807, 2.05) is 13.8 Å². The monoisotopic (exact) mass is 542 g/mol. The van der Waals surface area contributed by atoms with E-state index in [9.17, 15) is 18.0 Å². The van der Waals surface area contributed by atoms with Crippen molar-refractivity contribution in [1.29, 1.82) is 0 Å². The molecule has 0 saturated carbocycles. The summed E-state index contributed by atoms with van der Waals surface area (Å²) in [5.74, 6) is -0.853. The van der Waals surface area contributed by atoms with Crippen molar-refractivity contribution in [3.63, 3.8) is 0 Å². The van der Waals surface area contributed by atoms with Crippen LogP contribution >= 0.6 is 23.2 Å². The molecule has 8 nitrogen and oxygen atoms in total. The number of carbonyl (C=O) groups excluding carboxylic acids is 2. The van der Waals surface area contributed by atoms with Crippen LogP contribution in [0.25, 0.3) is 0 Å². The highest BCUT2D eigenvalue weighted by Gasteiger charge is 2.33. The predicted octanol–water partition coefficient (Wildman–Crippen LogP) is 3.94. The van der Waals surface area contributed by atoms with Crippen LogP contribution in [-0.2, 0) is 26.3 Å². The average molecular weight is 544 g/mol. The molecule has 0 unspecified atom stereocenters. The summed E-state index contributed by atoms with van der Waals surface area (Å²) in [4.78, 5) is 28.1. The Morgan fingerprint density at radius 2 is 1.63 bits per heavy atom. The molecule has 192 valence electrons. The zero-order valence-electron chi connectivity index (χ0n) is 20.5. The van der Waals surface area contributed by atoms with Gasteiger partial charge in [-0.3, -0.25) is 9.59 Å². The Balaban J connectivity index is 2.50. The molecule has 2 rings (SSSR count). The summed E-state index contributed by atoms with van der Waals surface area (Å²) in [6.07, 6.45) is 0.331. The summed E-state index contributed by atoms with van der Waals surface area (Å²) in [7, 11) is -1.20. The van der Waals surface area contributed by atoms with Crippen molar-refractivity contribution in [3.8, 4) is 0 Å². The molecule has 11 heteroatoms. The average Bonchev–Trinajstić information content (AvgIpc) is 2.79. The van der Waals surface area contributed by atoms with Gasteiger partial charge in [0.25, 0.3) is 0 Å². The highest BCUT2D eigenvalue weighted by Crippen LogP contribution is 2.25. The molecule has 0 saturated heterocycles. The smallest absolute Gasteiger partial charge is 0.304 e. The van der Waals surface area contributed by atoms with Gasteiger partial charge in [0.05, 0.1) is 15.7 Å². The molecule has 0 aliphatic carbocycles. The summed E-state index contributed by atoms with van der Waals surface area (Å²) in [5.41, 5.74) is 0.994. The number of nitrogens with one attached hydrogen (secondary N) is 1. The summed E-state index contributed by atoms with van der Waals surface area (Å²) in [6.45, 7) is 5.01. The zero-order chi connectivity index (χ0) is 26.3. The van der Waals surface area contributed by atoms with Gasteiger partial charge in [-0.25, -0.2) is 4.31 Å². The molecule has 35 heavy (non-hydrogen) atoms. The van der Waals surface area contributed by atoms with Gasteiger partial charge in [0, 0.05) is 26.7 Å². The van der Waals surface area contributed by atoms with Gasteiger partial charge in [-0.15, -0.1) is 0 Å². The standard InChI is InChI=1S/C24H32Cl2N4O4S/c1-6-22(24(32)27-17(2)3)29(15-18-12-13-20(25)21(26)14-18)23(31)16-30(35(33,34)28(4)5)19-10-8-7-9-11-19/h7-14,17,22H,6,15-16H2,1-5H3,(H,27,32)/t22-/m1/s1. The minimum atomic E-state index is -4.00. The van der Waals surface area contributed by atoms with Crippen LogP contribution in [0.1, 0.15) is 32.8 Å². The lowest BCUT2D eigenvalue weighted by Crippen LogP contribution is -2.54. The van der Waals surface area contributed by atoms with Crippen LogP contribution in [0.15, 0.2) is 48.5 Å². The molecule has 0 spiro atoms. The molecule has 0 aliphatic heterocycles. The van der Waals surface area contributed by atoms with Crippen LogP contribution < -0.4 is 9.62 Å². The maximum atomic E-state index is 13.7. The number of rotatable bonds is 11. The zero-order valence-corrected chi connectivity index (χ0v) is 22.9. The highest BCUT2D eigenvalue weighted by atomic mass is 35.5. The first kappa shape index (κ1) is 28.9. The summed E-state index contributed by atoms with van der Waals surface area (Å²) in [5, 5.41) is 3.53. The summed E-state index contributed by atoms with van der Waals surface area (Å²) < 4.78 is 28.3. The maximum absolute atomic E-state index is 13.7. The largest absolute Gasteiger partial charge is 0.352 e. The number of anilines is 1. The van der Waals surface area contributed by atoms with Crippen LogP contribution in [-0.4, -0.2) is 62.2 Å². The van der Waals surface area contributed by atoms with E-state index >= 15 is 0 Å². The Hall–Kier alpha value is -2.33. The van der Waals surface area contributed by atoms with Gasteiger partial charge >= 0.3 is 10.2 Å². The van der Waals surface area contributed by atoms with Crippen molar-refractivity contribution in [2.24, 2.45) is 0 Å². The van der Waals surface area contributed by atoms with Crippen molar-refractivity contribution < 1.29 is 18.0 Å². The lowest BCUT2D eigenvalue weighted by molar-refractivity contribution is -0.140. The summed E-state index contributed by atoms with van der Waals surface area (Å²) in [6, 6.07) is 12.4. The molecule has 2 aromatic rings. The van der Waals surface area contributed by atoms with Crippen LogP contribution in [0.5, 0.6) is 0 Å². The lowest BCUT2D eigenvalue weighted by Gasteiger charge is -2.34. The first-order chi connectivity index (χ1) is 16.4. The normalized spacial score (nSPS) is 12.5. The second kappa shape index (κ2) is 12.6. The highest BCUT2D eigenvalue weighted by molar-refractivity contribution is 7.90. The molecule has 0 radical (unpaired) electrons. The van der Waals surface area contributed by atoms with Crippen molar-refractivity contribution in [3.05, 3.63) is 64.1 Å². The molecular formula is C24H32Cl2N4O4S. The predicted molar refractivity (Wildman–Crippen MR) is 141 cm³/mol. The fourth-order valence-corrected chi connectivity index (χ4v) is 4.82. The Bertz CT molecular complexity index is 1130. The quantitative estimate of drug-likeness (QED) is 0.465. The topological polar surface area (TPSA) is 90.0 Å². The van der Waals surface area contributed by atoms with E-state index in [2.05, 4.69) is 5.32 Å². The van der Waals surface area contributed by atoms with Gasteiger partial charge in [0.2, 0.25) is 11.8 Å². The second-order valence-electron chi connectivity index (χ2n) is 8.49. The SMILES string of the molecule is CC[C@H](C(=O)NC(C)C)N(Cc1ccc(Cl)c(Cl)c1)C(=O)CN(c1ccccc1)S(=O)(=O)N(C)C. The molecular weight excluding hydrogens is 511 g/mol. The second-order valence-corrected chi connectivity index (χ2v) is 11.4. The van der Waals surface area contributed by atoms with E-state index in [4.69, 9.17) is 23.2 Å². The third kappa shape index (κ3) is 7.57. The fraction of sp³-hybridized carbons (Fsp3) is 0.417. The van der Waals surface area contributed by atoms with Gasteiger partial charge in [0.15, 0.2) is 0 Å². The van der Waals surface area contributed by atoms with Gasteiger partial charge < -0.3 is 10.2 Å². The van der Waals surface area contributed by atoms with E-state index in [1.165, 1.54) is 19.0 Å². The first-order valence-electron chi connectivity index (χ1n) is 11.2. The number of carbonyl (C=O) groups is 2. The lowest BCUT2D eigenvalue weighted by atomic mass is 10.1. The van der Waals surface area contributed by atoms with Crippen molar-refractivity contribution in [1.82, 2.24) is 14.5 Å². The van der Waals surface area contributed by atoms with E-state index < -0.39 is 28.7 Å². The number of hydrogen-bond acceptors (Lipinski definition) is 4. The first-order valence-corrected chi connectivity index (χ1v) is 13.3. The molecule has 0 aliphatic rings. The third-order valence-electron chi connectivity index (χ3n) is 5.22. The van der Waals surface area contributed by atoms with E-state index in [0.29, 0.717) is 27.7 Å². The van der Waals surface area contributed by atoms with Gasteiger partial charge in [-0.1, -0.05) is 54.4 Å². The fourth-order valence-electron chi connectivity index (χ4n) is 3.45. The number of hydrogen-bond donors (Lipinski definition) is 1. The number of amides is 2. The van der Waals surface area contributed by atoms with Crippen LogP contribution in [0, 0.1) is 0 Å². The molecule has 0 fully saturated rings. The van der Waals surface area contributed by atoms with Gasteiger partial charge in [-0.05, 0) is 50.1 Å². The Morgan fingerprint density at radius 1 is 1.00 bits per heavy atom. The van der Waals surface area contributed by atoms with Crippen LogP contribution in [0.4, 0.5) is 5.69 Å². The molecule has 2 aromatic carbocycles. The minimum absolute atomic E-state index is 0.0460. The summed E-state index contributed by atoms with van der Waals surface area (Å²) >= 11 is 12.2. The Kier molecular flexibility index (Phi) is 10.4. The van der Waals surface area contributed by atoms with Gasteiger partial charge in [-0.2, -0.15) is 12.7 Å². The maximum Gasteiger partial charge on any atom is 0.304 e.